The molecule has 0 bridgehead atoms. The zero-order valence-electron chi connectivity index (χ0n) is 15.6. The summed E-state index contributed by atoms with van der Waals surface area (Å²) in [6, 6.07) is 14.1. The van der Waals surface area contributed by atoms with E-state index in [0.29, 0.717) is 13.2 Å². The van der Waals surface area contributed by atoms with Crippen LogP contribution in [0.2, 0.25) is 0 Å². The first-order valence-electron chi connectivity index (χ1n) is 9.72. The van der Waals surface area contributed by atoms with Crippen LogP contribution < -0.4 is 9.47 Å². The van der Waals surface area contributed by atoms with Crippen LogP contribution in [-0.2, 0) is 21.9 Å². The Morgan fingerprint density at radius 1 is 1.11 bits per heavy atom. The Balaban J connectivity index is 1.57. The fourth-order valence-corrected chi connectivity index (χ4v) is 4.43. The highest BCUT2D eigenvalue weighted by atomic mass is 16.7. The third-order valence-corrected chi connectivity index (χ3v) is 5.76. The minimum Gasteiger partial charge on any atom is -0.497 e. The summed E-state index contributed by atoms with van der Waals surface area (Å²) in [6.45, 7) is 4.28. The van der Waals surface area contributed by atoms with Gasteiger partial charge < -0.3 is 23.8 Å². The van der Waals surface area contributed by atoms with Crippen molar-refractivity contribution in [3.8, 4) is 11.5 Å². The summed E-state index contributed by atoms with van der Waals surface area (Å²) in [7, 11) is 1.67. The van der Waals surface area contributed by atoms with E-state index in [4.69, 9.17) is 18.9 Å². The number of hydrogen-bond donors (Lipinski definition) is 0. The lowest BCUT2D eigenvalue weighted by molar-refractivity contribution is -0.144. The number of likely N-dealkylation sites (tertiary alicyclic amines) is 1. The molecule has 142 valence electrons. The monoisotopic (exact) mass is 367 g/mol. The molecule has 3 aliphatic heterocycles. The average Bonchev–Trinajstić information content (AvgIpc) is 3.35. The van der Waals surface area contributed by atoms with E-state index >= 15 is 0 Å². The Labute approximate surface area is 159 Å². The molecular formula is C22H25NO4. The van der Waals surface area contributed by atoms with Crippen LogP contribution in [0.25, 0.3) is 0 Å². The zero-order valence-corrected chi connectivity index (χ0v) is 15.6. The smallest absolute Gasteiger partial charge is 0.227 e. The van der Waals surface area contributed by atoms with Crippen LogP contribution in [0.1, 0.15) is 29.5 Å². The topological polar surface area (TPSA) is 40.2 Å². The Kier molecular flexibility index (Phi) is 4.31. The standard InChI is InChI=1S/C22H25NO4/c1-24-17-8-9-21-20(12-17)22(19-7-3-2-6-16(19)14-25-21)26-15-18(27-22)13-23-10-4-5-11-23/h2-3,6-9,12,18H,4-5,10-11,13-15H2,1H3. The summed E-state index contributed by atoms with van der Waals surface area (Å²) in [5.74, 6) is 0.613. The molecule has 3 heterocycles. The van der Waals surface area contributed by atoms with Crippen LogP contribution in [0.15, 0.2) is 42.5 Å². The van der Waals surface area contributed by atoms with Gasteiger partial charge in [-0.05, 0) is 49.7 Å². The third-order valence-electron chi connectivity index (χ3n) is 5.76. The first kappa shape index (κ1) is 17.0. The minimum absolute atomic E-state index is 0.0355. The summed E-state index contributed by atoms with van der Waals surface area (Å²) in [6.07, 6.45) is 2.58. The van der Waals surface area contributed by atoms with E-state index in [0.717, 1.165) is 47.8 Å². The van der Waals surface area contributed by atoms with E-state index < -0.39 is 5.79 Å². The first-order chi connectivity index (χ1) is 13.3. The number of nitrogens with zero attached hydrogens (tertiary/aromatic N) is 1. The van der Waals surface area contributed by atoms with Crippen molar-refractivity contribution in [2.45, 2.75) is 31.3 Å². The van der Waals surface area contributed by atoms with Gasteiger partial charge in [-0.1, -0.05) is 24.3 Å². The lowest BCUT2D eigenvalue weighted by Crippen LogP contribution is -2.34. The van der Waals surface area contributed by atoms with E-state index in [1.54, 1.807) is 7.11 Å². The summed E-state index contributed by atoms with van der Waals surface area (Å²) in [5, 5.41) is 0. The van der Waals surface area contributed by atoms with Crippen molar-refractivity contribution in [1.82, 2.24) is 4.90 Å². The molecule has 0 aliphatic carbocycles. The molecule has 2 atom stereocenters. The molecule has 0 radical (unpaired) electrons. The van der Waals surface area contributed by atoms with Crippen molar-refractivity contribution in [1.29, 1.82) is 0 Å². The van der Waals surface area contributed by atoms with Gasteiger partial charge in [-0.2, -0.15) is 0 Å². The molecule has 0 saturated carbocycles. The third kappa shape index (κ3) is 2.90. The molecule has 0 aromatic heterocycles. The van der Waals surface area contributed by atoms with Crippen LogP contribution in [-0.4, -0.2) is 44.4 Å². The van der Waals surface area contributed by atoms with Crippen LogP contribution in [0.4, 0.5) is 0 Å². The van der Waals surface area contributed by atoms with Gasteiger partial charge in [0.25, 0.3) is 0 Å². The van der Waals surface area contributed by atoms with E-state index in [-0.39, 0.29) is 6.10 Å². The summed E-state index contributed by atoms with van der Waals surface area (Å²) < 4.78 is 24.7. The maximum absolute atomic E-state index is 6.68. The Morgan fingerprint density at radius 2 is 1.96 bits per heavy atom. The van der Waals surface area contributed by atoms with Gasteiger partial charge in [0.2, 0.25) is 5.79 Å². The van der Waals surface area contributed by atoms with Gasteiger partial charge in [0.1, 0.15) is 18.1 Å². The maximum atomic E-state index is 6.68. The predicted molar refractivity (Wildman–Crippen MR) is 101 cm³/mol. The molecular weight excluding hydrogens is 342 g/mol. The minimum atomic E-state index is -0.943. The molecule has 27 heavy (non-hydrogen) atoms. The molecule has 2 saturated heterocycles. The van der Waals surface area contributed by atoms with Gasteiger partial charge in [-0.3, -0.25) is 0 Å². The van der Waals surface area contributed by atoms with E-state index in [1.807, 2.05) is 30.3 Å². The number of ether oxygens (including phenoxy) is 4. The van der Waals surface area contributed by atoms with Gasteiger partial charge in [-0.25, -0.2) is 0 Å². The second-order valence-corrected chi connectivity index (χ2v) is 7.48. The molecule has 1 spiro atoms. The summed E-state index contributed by atoms with van der Waals surface area (Å²) in [5.41, 5.74) is 3.01. The van der Waals surface area contributed by atoms with Crippen LogP contribution in [0.5, 0.6) is 11.5 Å². The highest BCUT2D eigenvalue weighted by molar-refractivity contribution is 5.51. The summed E-state index contributed by atoms with van der Waals surface area (Å²) >= 11 is 0. The SMILES string of the molecule is COc1ccc2c(c1)C1(OCC(CN3CCCC3)O1)c1ccccc1CO2. The maximum Gasteiger partial charge on any atom is 0.227 e. The van der Waals surface area contributed by atoms with Crippen LogP contribution in [0.3, 0.4) is 0 Å². The number of rotatable bonds is 3. The van der Waals surface area contributed by atoms with Crippen molar-refractivity contribution in [3.63, 3.8) is 0 Å². The average molecular weight is 367 g/mol. The Hall–Kier alpha value is -2.08. The second-order valence-electron chi connectivity index (χ2n) is 7.48. The molecule has 2 aromatic carbocycles. The lowest BCUT2D eigenvalue weighted by atomic mass is 9.93. The largest absolute Gasteiger partial charge is 0.497 e. The molecule has 2 fully saturated rings. The van der Waals surface area contributed by atoms with E-state index in [9.17, 15) is 0 Å². The van der Waals surface area contributed by atoms with Gasteiger partial charge >= 0.3 is 0 Å². The van der Waals surface area contributed by atoms with Crippen molar-refractivity contribution in [2.75, 3.05) is 33.4 Å². The Bertz CT molecular complexity index is 833. The second kappa shape index (κ2) is 6.82. The zero-order chi connectivity index (χ0) is 18.3. The van der Waals surface area contributed by atoms with Crippen molar-refractivity contribution in [3.05, 3.63) is 59.2 Å². The molecule has 5 nitrogen and oxygen atoms in total. The highest BCUT2D eigenvalue weighted by Gasteiger charge is 2.49. The van der Waals surface area contributed by atoms with Crippen molar-refractivity contribution >= 4 is 0 Å². The number of fused-ring (bicyclic) bond motifs is 4. The molecule has 0 amide bonds. The molecule has 5 rings (SSSR count). The number of methoxy groups -OCH3 is 1. The first-order valence-corrected chi connectivity index (χ1v) is 9.72. The van der Waals surface area contributed by atoms with Gasteiger partial charge in [0, 0.05) is 12.1 Å². The number of benzene rings is 2. The lowest BCUT2D eigenvalue weighted by Gasteiger charge is -2.30. The quantitative estimate of drug-likeness (QED) is 0.833. The normalized spacial score (nSPS) is 27.1. The molecule has 5 heteroatoms. The van der Waals surface area contributed by atoms with Crippen molar-refractivity contribution in [2.24, 2.45) is 0 Å². The fraction of sp³-hybridized carbons (Fsp3) is 0.455. The van der Waals surface area contributed by atoms with Gasteiger partial charge in [-0.15, -0.1) is 0 Å². The van der Waals surface area contributed by atoms with Gasteiger partial charge in [0.05, 0.1) is 25.4 Å². The van der Waals surface area contributed by atoms with Crippen molar-refractivity contribution < 1.29 is 18.9 Å². The molecule has 3 aliphatic rings. The predicted octanol–water partition coefficient (Wildman–Crippen LogP) is 3.30. The Morgan fingerprint density at radius 3 is 2.81 bits per heavy atom. The molecule has 0 N–H and O–H groups in total. The number of hydrogen-bond acceptors (Lipinski definition) is 5. The highest BCUT2D eigenvalue weighted by Crippen LogP contribution is 2.48. The van der Waals surface area contributed by atoms with Crippen LogP contribution in [0, 0.1) is 0 Å². The van der Waals surface area contributed by atoms with Gasteiger partial charge in [0.15, 0.2) is 0 Å². The van der Waals surface area contributed by atoms with E-state index in [2.05, 4.69) is 17.0 Å². The van der Waals surface area contributed by atoms with E-state index in [1.165, 1.54) is 12.8 Å². The molecule has 2 aromatic rings. The van der Waals surface area contributed by atoms with Crippen LogP contribution >= 0.6 is 0 Å². The summed E-state index contributed by atoms with van der Waals surface area (Å²) in [4.78, 5) is 2.47. The fourth-order valence-electron chi connectivity index (χ4n) is 4.43. The molecule has 2 unspecified atom stereocenters.